The molecule has 0 aromatic heterocycles. The lowest BCUT2D eigenvalue weighted by Crippen LogP contribution is -2.42. The van der Waals surface area contributed by atoms with Gasteiger partial charge in [-0.1, -0.05) is 13.0 Å². The van der Waals surface area contributed by atoms with E-state index in [0.717, 1.165) is 29.9 Å². The van der Waals surface area contributed by atoms with E-state index in [2.05, 4.69) is 19.2 Å². The summed E-state index contributed by atoms with van der Waals surface area (Å²) in [4.78, 5) is 0. The van der Waals surface area contributed by atoms with Crippen LogP contribution in [0.1, 0.15) is 32.3 Å². The number of aliphatic hydroxyl groups excluding tert-OH is 1. The Morgan fingerprint density at radius 3 is 2.53 bits per heavy atom. The van der Waals surface area contributed by atoms with E-state index in [1.807, 2.05) is 18.2 Å². The third-order valence-corrected chi connectivity index (χ3v) is 3.64. The quantitative estimate of drug-likeness (QED) is 0.759. The molecule has 0 aliphatic heterocycles. The highest BCUT2D eigenvalue weighted by Gasteiger charge is 2.20. The van der Waals surface area contributed by atoms with Crippen molar-refractivity contribution in [3.8, 4) is 11.5 Å². The summed E-state index contributed by atoms with van der Waals surface area (Å²) in [5, 5.41) is 12.6. The summed E-state index contributed by atoms with van der Waals surface area (Å²) in [5.41, 5.74) is 1.03. The molecule has 0 spiro atoms. The van der Waals surface area contributed by atoms with Crippen molar-refractivity contribution in [1.29, 1.82) is 0 Å². The van der Waals surface area contributed by atoms with Crippen LogP contribution in [0.4, 0.5) is 0 Å². The van der Waals surface area contributed by atoms with E-state index in [-0.39, 0.29) is 12.1 Å². The van der Waals surface area contributed by atoms with Gasteiger partial charge in [0.05, 0.1) is 14.2 Å². The van der Waals surface area contributed by atoms with E-state index in [0.29, 0.717) is 6.54 Å². The molecule has 0 aliphatic rings. The van der Waals surface area contributed by atoms with Crippen molar-refractivity contribution in [1.82, 2.24) is 5.32 Å². The molecule has 108 valence electrons. The topological polar surface area (TPSA) is 50.7 Å². The molecule has 0 amide bonds. The zero-order valence-electron chi connectivity index (χ0n) is 12.3. The Morgan fingerprint density at radius 1 is 1.26 bits per heavy atom. The minimum atomic E-state index is -0.0559. The Hall–Kier alpha value is -1.26. The average Bonchev–Trinajstić information content (AvgIpc) is 2.45. The molecule has 1 aromatic carbocycles. The van der Waals surface area contributed by atoms with Gasteiger partial charge in [0.15, 0.2) is 0 Å². The molecule has 0 aliphatic carbocycles. The van der Waals surface area contributed by atoms with Crippen LogP contribution in [0.15, 0.2) is 18.2 Å². The van der Waals surface area contributed by atoms with Gasteiger partial charge in [-0.05, 0) is 25.8 Å². The molecule has 0 fully saturated rings. The van der Waals surface area contributed by atoms with Crippen LogP contribution in [0.2, 0.25) is 0 Å². The maximum absolute atomic E-state index is 9.12. The number of hydrogen-bond acceptors (Lipinski definition) is 4. The largest absolute Gasteiger partial charge is 0.497 e. The standard InChI is InChI=1S/C15H25NO3/c1-5-15(2,8-9-17)16-11-12-6-7-13(18-3)10-14(12)19-4/h6-7,10,16-17H,5,8-9,11H2,1-4H3. The summed E-state index contributed by atoms with van der Waals surface area (Å²) in [6, 6.07) is 5.81. The minimum Gasteiger partial charge on any atom is -0.497 e. The third-order valence-electron chi connectivity index (χ3n) is 3.64. The van der Waals surface area contributed by atoms with Crippen LogP contribution in [0.5, 0.6) is 11.5 Å². The first-order valence-corrected chi connectivity index (χ1v) is 6.65. The summed E-state index contributed by atoms with van der Waals surface area (Å²) < 4.78 is 10.6. The maximum atomic E-state index is 9.12. The SMILES string of the molecule is CCC(C)(CCO)NCc1ccc(OC)cc1OC. The van der Waals surface area contributed by atoms with Gasteiger partial charge in [-0.15, -0.1) is 0 Å². The zero-order chi connectivity index (χ0) is 14.3. The highest BCUT2D eigenvalue weighted by molar-refractivity contribution is 5.40. The lowest BCUT2D eigenvalue weighted by molar-refractivity contribution is 0.214. The normalized spacial score (nSPS) is 13.9. The molecule has 1 atom stereocenters. The minimum absolute atomic E-state index is 0.0559. The van der Waals surface area contributed by atoms with Crippen molar-refractivity contribution in [3.63, 3.8) is 0 Å². The molecule has 0 bridgehead atoms. The van der Waals surface area contributed by atoms with E-state index in [1.54, 1.807) is 14.2 Å². The van der Waals surface area contributed by atoms with E-state index < -0.39 is 0 Å². The van der Waals surface area contributed by atoms with Gasteiger partial charge in [0.25, 0.3) is 0 Å². The molecule has 4 heteroatoms. The fourth-order valence-electron chi connectivity index (χ4n) is 1.94. The molecule has 19 heavy (non-hydrogen) atoms. The number of nitrogens with one attached hydrogen (secondary N) is 1. The van der Waals surface area contributed by atoms with Gasteiger partial charge >= 0.3 is 0 Å². The van der Waals surface area contributed by atoms with Crippen molar-refractivity contribution >= 4 is 0 Å². The highest BCUT2D eigenvalue weighted by atomic mass is 16.5. The monoisotopic (exact) mass is 267 g/mol. The molecule has 4 nitrogen and oxygen atoms in total. The number of hydrogen-bond donors (Lipinski definition) is 2. The fraction of sp³-hybridized carbons (Fsp3) is 0.600. The maximum Gasteiger partial charge on any atom is 0.127 e. The van der Waals surface area contributed by atoms with Crippen LogP contribution < -0.4 is 14.8 Å². The molecule has 0 saturated heterocycles. The summed E-state index contributed by atoms with van der Waals surface area (Å²) in [7, 11) is 3.30. The van der Waals surface area contributed by atoms with Gasteiger partial charge in [-0.2, -0.15) is 0 Å². The Morgan fingerprint density at radius 2 is 2.00 bits per heavy atom. The molecule has 0 heterocycles. The van der Waals surface area contributed by atoms with E-state index in [4.69, 9.17) is 14.6 Å². The number of ether oxygens (including phenoxy) is 2. The molecule has 0 saturated carbocycles. The van der Waals surface area contributed by atoms with Crippen molar-refractivity contribution in [2.24, 2.45) is 0 Å². The van der Waals surface area contributed by atoms with Crippen LogP contribution >= 0.6 is 0 Å². The first kappa shape index (κ1) is 15.8. The lowest BCUT2D eigenvalue weighted by atomic mass is 9.94. The molecular weight excluding hydrogens is 242 g/mol. The molecule has 1 rings (SSSR count). The predicted octanol–water partition coefficient (Wildman–Crippen LogP) is 2.34. The van der Waals surface area contributed by atoms with Crippen molar-refractivity contribution in [2.75, 3.05) is 20.8 Å². The zero-order valence-corrected chi connectivity index (χ0v) is 12.3. The summed E-state index contributed by atoms with van der Waals surface area (Å²) in [6.07, 6.45) is 1.70. The molecule has 2 N–H and O–H groups in total. The van der Waals surface area contributed by atoms with Crippen molar-refractivity contribution < 1.29 is 14.6 Å². The second-order valence-corrected chi connectivity index (χ2v) is 4.92. The van der Waals surface area contributed by atoms with E-state index in [1.165, 1.54) is 0 Å². The van der Waals surface area contributed by atoms with Crippen LogP contribution in [0, 0.1) is 0 Å². The fourth-order valence-corrected chi connectivity index (χ4v) is 1.94. The van der Waals surface area contributed by atoms with Crippen LogP contribution in [0.25, 0.3) is 0 Å². The third kappa shape index (κ3) is 4.40. The first-order valence-electron chi connectivity index (χ1n) is 6.65. The smallest absolute Gasteiger partial charge is 0.127 e. The molecule has 0 radical (unpaired) electrons. The Kier molecular flexibility index (Phi) is 6.12. The first-order chi connectivity index (χ1) is 9.08. The second-order valence-electron chi connectivity index (χ2n) is 4.92. The molecule has 1 unspecified atom stereocenters. The van der Waals surface area contributed by atoms with Crippen LogP contribution in [0.3, 0.4) is 0 Å². The number of benzene rings is 1. The average molecular weight is 267 g/mol. The van der Waals surface area contributed by atoms with Crippen molar-refractivity contribution in [2.45, 2.75) is 38.8 Å². The van der Waals surface area contributed by atoms with Crippen LogP contribution in [-0.4, -0.2) is 31.5 Å². The summed E-state index contributed by atoms with van der Waals surface area (Å²) in [6.45, 7) is 5.14. The predicted molar refractivity (Wildman–Crippen MR) is 76.8 cm³/mol. The Labute approximate surface area is 115 Å². The summed E-state index contributed by atoms with van der Waals surface area (Å²) >= 11 is 0. The van der Waals surface area contributed by atoms with Crippen LogP contribution in [-0.2, 0) is 6.54 Å². The van der Waals surface area contributed by atoms with E-state index >= 15 is 0 Å². The van der Waals surface area contributed by atoms with Gasteiger partial charge in [0.1, 0.15) is 11.5 Å². The van der Waals surface area contributed by atoms with Gasteiger partial charge in [-0.25, -0.2) is 0 Å². The van der Waals surface area contributed by atoms with E-state index in [9.17, 15) is 0 Å². The van der Waals surface area contributed by atoms with Gasteiger partial charge < -0.3 is 19.9 Å². The highest BCUT2D eigenvalue weighted by Crippen LogP contribution is 2.25. The van der Waals surface area contributed by atoms with Gasteiger partial charge in [0.2, 0.25) is 0 Å². The lowest BCUT2D eigenvalue weighted by Gasteiger charge is -2.29. The Bertz CT molecular complexity index is 395. The number of aliphatic hydroxyl groups is 1. The number of rotatable bonds is 8. The molecule has 1 aromatic rings. The van der Waals surface area contributed by atoms with Gasteiger partial charge in [-0.3, -0.25) is 0 Å². The molecular formula is C15H25NO3. The number of methoxy groups -OCH3 is 2. The van der Waals surface area contributed by atoms with Gasteiger partial charge in [0, 0.05) is 30.3 Å². The van der Waals surface area contributed by atoms with Crippen molar-refractivity contribution in [3.05, 3.63) is 23.8 Å². The second kappa shape index (κ2) is 7.36. The Balaban J connectivity index is 2.76. The summed E-state index contributed by atoms with van der Waals surface area (Å²) in [5.74, 6) is 1.60.